The van der Waals surface area contributed by atoms with Crippen LogP contribution in [-0.2, 0) is 9.53 Å². The van der Waals surface area contributed by atoms with Gasteiger partial charge in [0, 0.05) is 38.5 Å². The smallest absolute Gasteiger partial charge is 0.255 e. The SMILES string of the molecule is CCN(CC)C(=O)c1ccc(NC(=O)C2(CN)CCOCC2)cc1Cl. The molecule has 0 bridgehead atoms. The van der Waals surface area contributed by atoms with Gasteiger partial charge in [-0.05, 0) is 44.9 Å². The summed E-state index contributed by atoms with van der Waals surface area (Å²) in [6.07, 6.45) is 1.20. The largest absolute Gasteiger partial charge is 0.381 e. The number of ether oxygens (including phenoxy) is 1. The van der Waals surface area contributed by atoms with Crippen LogP contribution in [0.4, 0.5) is 5.69 Å². The van der Waals surface area contributed by atoms with E-state index >= 15 is 0 Å². The lowest BCUT2D eigenvalue weighted by Crippen LogP contribution is -2.46. The van der Waals surface area contributed by atoms with Crippen LogP contribution in [0.15, 0.2) is 18.2 Å². The van der Waals surface area contributed by atoms with Crippen molar-refractivity contribution < 1.29 is 14.3 Å². The van der Waals surface area contributed by atoms with Crippen LogP contribution < -0.4 is 11.1 Å². The lowest BCUT2D eigenvalue weighted by molar-refractivity contribution is -0.130. The van der Waals surface area contributed by atoms with Crippen molar-refractivity contribution in [3.8, 4) is 0 Å². The van der Waals surface area contributed by atoms with E-state index in [1.165, 1.54) is 0 Å². The summed E-state index contributed by atoms with van der Waals surface area (Å²) in [6, 6.07) is 4.96. The van der Waals surface area contributed by atoms with Crippen molar-refractivity contribution >= 4 is 29.1 Å². The van der Waals surface area contributed by atoms with E-state index in [2.05, 4.69) is 5.32 Å². The van der Waals surface area contributed by atoms with Gasteiger partial charge in [-0.3, -0.25) is 9.59 Å². The van der Waals surface area contributed by atoms with Crippen molar-refractivity contribution in [2.24, 2.45) is 11.1 Å². The zero-order valence-corrected chi connectivity index (χ0v) is 15.6. The summed E-state index contributed by atoms with van der Waals surface area (Å²) < 4.78 is 5.33. The fourth-order valence-electron chi connectivity index (χ4n) is 3.00. The Kier molecular flexibility index (Phi) is 6.81. The minimum absolute atomic E-state index is 0.115. The molecule has 1 fully saturated rings. The maximum atomic E-state index is 12.7. The average molecular weight is 368 g/mol. The van der Waals surface area contributed by atoms with Crippen LogP contribution in [0.3, 0.4) is 0 Å². The van der Waals surface area contributed by atoms with Gasteiger partial charge in [0.2, 0.25) is 5.91 Å². The molecule has 138 valence electrons. The Morgan fingerprint density at radius 3 is 2.44 bits per heavy atom. The molecule has 1 aliphatic rings. The molecule has 7 heteroatoms. The Morgan fingerprint density at radius 1 is 1.28 bits per heavy atom. The van der Waals surface area contributed by atoms with Crippen LogP contribution in [0.1, 0.15) is 37.0 Å². The molecular formula is C18H26ClN3O3. The van der Waals surface area contributed by atoms with Crippen LogP contribution in [0.5, 0.6) is 0 Å². The molecule has 1 aromatic carbocycles. The Morgan fingerprint density at radius 2 is 1.92 bits per heavy atom. The predicted octanol–water partition coefficient (Wildman–Crippen LogP) is 2.52. The molecule has 2 rings (SSSR count). The maximum absolute atomic E-state index is 12.7. The van der Waals surface area contributed by atoms with E-state index in [0.717, 1.165) is 0 Å². The van der Waals surface area contributed by atoms with Gasteiger partial charge in [0.15, 0.2) is 0 Å². The molecule has 0 atom stereocenters. The topological polar surface area (TPSA) is 84.7 Å². The molecule has 0 saturated carbocycles. The van der Waals surface area contributed by atoms with Gasteiger partial charge in [-0.15, -0.1) is 0 Å². The molecule has 1 aromatic rings. The number of carbonyl (C=O) groups is 2. The first-order valence-corrected chi connectivity index (χ1v) is 9.03. The molecule has 0 unspecified atom stereocenters. The third kappa shape index (κ3) is 4.32. The zero-order chi connectivity index (χ0) is 18.4. The molecule has 1 heterocycles. The summed E-state index contributed by atoms with van der Waals surface area (Å²) in [5, 5.41) is 3.21. The molecule has 0 spiro atoms. The Bertz CT molecular complexity index is 626. The van der Waals surface area contributed by atoms with E-state index in [0.29, 0.717) is 55.4 Å². The number of hydrogen-bond donors (Lipinski definition) is 2. The van der Waals surface area contributed by atoms with Crippen molar-refractivity contribution in [1.82, 2.24) is 4.90 Å². The molecule has 2 amide bonds. The fraction of sp³-hybridized carbons (Fsp3) is 0.556. The van der Waals surface area contributed by atoms with Gasteiger partial charge >= 0.3 is 0 Å². The van der Waals surface area contributed by atoms with E-state index in [4.69, 9.17) is 22.1 Å². The number of nitrogens with one attached hydrogen (secondary N) is 1. The Hall–Kier alpha value is -1.63. The van der Waals surface area contributed by atoms with Gasteiger partial charge in [0.1, 0.15) is 0 Å². The van der Waals surface area contributed by atoms with Gasteiger partial charge in [0.05, 0.1) is 16.0 Å². The predicted molar refractivity (Wildman–Crippen MR) is 98.9 cm³/mol. The molecule has 1 saturated heterocycles. The van der Waals surface area contributed by atoms with Crippen molar-refractivity contribution in [1.29, 1.82) is 0 Å². The number of nitrogens with two attached hydrogens (primary N) is 1. The second kappa shape index (κ2) is 8.65. The molecule has 0 radical (unpaired) electrons. The average Bonchev–Trinajstić information content (AvgIpc) is 2.63. The number of carbonyl (C=O) groups excluding carboxylic acids is 2. The summed E-state index contributed by atoms with van der Waals surface area (Å²) in [7, 11) is 0. The van der Waals surface area contributed by atoms with E-state index in [1.54, 1.807) is 23.1 Å². The van der Waals surface area contributed by atoms with Gasteiger partial charge in [-0.1, -0.05) is 11.6 Å². The second-order valence-corrected chi connectivity index (χ2v) is 6.63. The van der Waals surface area contributed by atoms with Crippen LogP contribution in [0.25, 0.3) is 0 Å². The molecule has 0 aromatic heterocycles. The first kappa shape index (κ1) is 19.7. The van der Waals surface area contributed by atoms with E-state index in [1.807, 2.05) is 13.8 Å². The van der Waals surface area contributed by atoms with E-state index in [-0.39, 0.29) is 18.4 Å². The molecule has 0 aliphatic carbocycles. The number of halogens is 1. The van der Waals surface area contributed by atoms with Gasteiger partial charge in [-0.2, -0.15) is 0 Å². The zero-order valence-electron chi connectivity index (χ0n) is 14.8. The highest BCUT2D eigenvalue weighted by Crippen LogP contribution is 2.31. The minimum atomic E-state index is -0.611. The standard InChI is InChI=1S/C18H26ClN3O3/c1-3-22(4-2)16(23)14-6-5-13(11-15(14)19)21-17(24)18(12-20)7-9-25-10-8-18/h5-6,11H,3-4,7-10,12,20H2,1-2H3,(H,21,24). The fourth-order valence-corrected chi connectivity index (χ4v) is 3.26. The van der Waals surface area contributed by atoms with Crippen LogP contribution in [0.2, 0.25) is 5.02 Å². The highest BCUT2D eigenvalue weighted by molar-refractivity contribution is 6.34. The number of anilines is 1. The quantitative estimate of drug-likeness (QED) is 0.809. The van der Waals surface area contributed by atoms with Crippen molar-refractivity contribution in [3.05, 3.63) is 28.8 Å². The van der Waals surface area contributed by atoms with Crippen LogP contribution in [-0.4, -0.2) is 49.6 Å². The minimum Gasteiger partial charge on any atom is -0.381 e. The van der Waals surface area contributed by atoms with E-state index < -0.39 is 5.41 Å². The first-order valence-electron chi connectivity index (χ1n) is 8.65. The second-order valence-electron chi connectivity index (χ2n) is 6.22. The maximum Gasteiger partial charge on any atom is 0.255 e. The van der Waals surface area contributed by atoms with Crippen LogP contribution >= 0.6 is 11.6 Å². The lowest BCUT2D eigenvalue weighted by atomic mass is 9.79. The molecular weight excluding hydrogens is 342 g/mol. The lowest BCUT2D eigenvalue weighted by Gasteiger charge is -2.34. The van der Waals surface area contributed by atoms with Gasteiger partial charge < -0.3 is 20.7 Å². The summed E-state index contributed by atoms with van der Waals surface area (Å²) in [5.41, 5.74) is 6.24. The van der Waals surface area contributed by atoms with Crippen LogP contribution in [0, 0.1) is 5.41 Å². The Labute approximate surface area is 153 Å². The highest BCUT2D eigenvalue weighted by Gasteiger charge is 2.38. The van der Waals surface area contributed by atoms with Gasteiger partial charge in [0.25, 0.3) is 5.91 Å². The molecule has 25 heavy (non-hydrogen) atoms. The monoisotopic (exact) mass is 367 g/mol. The van der Waals surface area contributed by atoms with Crippen molar-refractivity contribution in [2.45, 2.75) is 26.7 Å². The normalized spacial score (nSPS) is 16.3. The third-order valence-corrected chi connectivity index (χ3v) is 5.14. The number of rotatable bonds is 6. The molecule has 3 N–H and O–H groups in total. The number of benzene rings is 1. The first-order chi connectivity index (χ1) is 12.0. The van der Waals surface area contributed by atoms with Crippen molar-refractivity contribution in [2.75, 3.05) is 38.2 Å². The highest BCUT2D eigenvalue weighted by atomic mass is 35.5. The summed E-state index contributed by atoms with van der Waals surface area (Å²) >= 11 is 6.28. The molecule has 6 nitrogen and oxygen atoms in total. The summed E-state index contributed by atoms with van der Waals surface area (Å²) in [4.78, 5) is 26.8. The number of nitrogens with zero attached hydrogens (tertiary/aromatic N) is 1. The number of hydrogen-bond acceptors (Lipinski definition) is 4. The van der Waals surface area contributed by atoms with E-state index in [9.17, 15) is 9.59 Å². The Balaban J connectivity index is 2.15. The third-order valence-electron chi connectivity index (χ3n) is 4.83. The molecule has 1 aliphatic heterocycles. The number of amides is 2. The van der Waals surface area contributed by atoms with Gasteiger partial charge in [-0.25, -0.2) is 0 Å². The summed E-state index contributed by atoms with van der Waals surface area (Å²) in [5.74, 6) is -0.243. The summed E-state index contributed by atoms with van der Waals surface area (Å²) in [6.45, 7) is 6.41. The van der Waals surface area contributed by atoms with Crippen molar-refractivity contribution in [3.63, 3.8) is 0 Å².